The molecular formula is C16H20N4. The second-order valence-electron chi connectivity index (χ2n) is 4.66. The summed E-state index contributed by atoms with van der Waals surface area (Å²) in [4.78, 5) is 8.87. The lowest BCUT2D eigenvalue weighted by Crippen LogP contribution is -2.11. The number of anilines is 2. The predicted molar refractivity (Wildman–Crippen MR) is 83.9 cm³/mol. The van der Waals surface area contributed by atoms with Gasteiger partial charge >= 0.3 is 0 Å². The van der Waals surface area contributed by atoms with Gasteiger partial charge in [0.25, 0.3) is 0 Å². The Morgan fingerprint density at radius 1 is 1.25 bits per heavy atom. The Morgan fingerprint density at radius 2 is 2.00 bits per heavy atom. The summed E-state index contributed by atoms with van der Waals surface area (Å²) in [6, 6.07) is 12.3. The van der Waals surface area contributed by atoms with Crippen LogP contribution >= 0.6 is 0 Å². The normalized spacial score (nSPS) is 11.7. The molecule has 2 rings (SSSR count). The summed E-state index contributed by atoms with van der Waals surface area (Å²) in [7, 11) is 0. The second kappa shape index (κ2) is 6.70. The maximum Gasteiger partial charge on any atom is 0.225 e. The minimum absolute atomic E-state index is 0.158. The molecule has 2 aromatic rings. The average molecular weight is 268 g/mol. The van der Waals surface area contributed by atoms with Crippen LogP contribution in [0.25, 0.3) is 0 Å². The molecule has 0 aliphatic rings. The highest BCUT2D eigenvalue weighted by molar-refractivity contribution is 5.43. The molecule has 1 unspecified atom stereocenters. The van der Waals surface area contributed by atoms with Crippen molar-refractivity contribution in [3.63, 3.8) is 0 Å². The van der Waals surface area contributed by atoms with Gasteiger partial charge in [0.2, 0.25) is 5.95 Å². The Bertz CT molecular complexity index is 566. The zero-order valence-corrected chi connectivity index (χ0v) is 11.9. The molecule has 104 valence electrons. The molecule has 2 N–H and O–H groups in total. The third kappa shape index (κ3) is 3.82. The highest BCUT2D eigenvalue weighted by atomic mass is 15.2. The van der Waals surface area contributed by atoms with Gasteiger partial charge in [-0.2, -0.15) is 4.98 Å². The summed E-state index contributed by atoms with van der Waals surface area (Å²) >= 11 is 0. The number of benzene rings is 1. The van der Waals surface area contributed by atoms with Gasteiger partial charge in [-0.1, -0.05) is 36.4 Å². The van der Waals surface area contributed by atoms with Gasteiger partial charge in [-0.3, -0.25) is 0 Å². The molecule has 0 saturated carbocycles. The molecule has 0 spiro atoms. The second-order valence-corrected chi connectivity index (χ2v) is 4.66. The third-order valence-electron chi connectivity index (χ3n) is 2.93. The van der Waals surface area contributed by atoms with Crippen LogP contribution < -0.4 is 10.6 Å². The largest absolute Gasteiger partial charge is 0.366 e. The van der Waals surface area contributed by atoms with Crippen molar-refractivity contribution in [3.05, 3.63) is 60.3 Å². The zero-order valence-electron chi connectivity index (χ0n) is 11.9. The lowest BCUT2D eigenvalue weighted by atomic mass is 10.1. The van der Waals surface area contributed by atoms with E-state index in [4.69, 9.17) is 0 Å². The van der Waals surface area contributed by atoms with Gasteiger partial charge in [-0.25, -0.2) is 4.98 Å². The van der Waals surface area contributed by atoms with E-state index in [0.29, 0.717) is 12.5 Å². The maximum absolute atomic E-state index is 4.46. The first-order valence-electron chi connectivity index (χ1n) is 6.71. The van der Waals surface area contributed by atoms with Crippen molar-refractivity contribution in [2.24, 2.45) is 0 Å². The van der Waals surface area contributed by atoms with Crippen LogP contribution in [0.4, 0.5) is 11.8 Å². The molecule has 20 heavy (non-hydrogen) atoms. The fraction of sp³-hybridized carbons (Fsp3) is 0.250. The van der Waals surface area contributed by atoms with E-state index < -0.39 is 0 Å². The standard InChI is InChI=1S/C16H20N4/c1-4-10-17-15-11-12(2)18-16(20-15)19-13(3)14-8-6-5-7-9-14/h4-9,11,13H,1,10H2,2-3H3,(H2,17,18,19,20). The van der Waals surface area contributed by atoms with Crippen LogP contribution in [0.2, 0.25) is 0 Å². The van der Waals surface area contributed by atoms with Crippen molar-refractivity contribution in [2.75, 3.05) is 17.2 Å². The molecular weight excluding hydrogens is 248 g/mol. The molecule has 1 atom stereocenters. The molecule has 0 fully saturated rings. The van der Waals surface area contributed by atoms with Crippen molar-refractivity contribution in [1.82, 2.24) is 9.97 Å². The van der Waals surface area contributed by atoms with E-state index in [1.165, 1.54) is 5.56 Å². The Hall–Kier alpha value is -2.36. The van der Waals surface area contributed by atoms with E-state index in [0.717, 1.165) is 11.5 Å². The van der Waals surface area contributed by atoms with Gasteiger partial charge in [0.05, 0.1) is 6.04 Å². The molecule has 4 heteroatoms. The van der Waals surface area contributed by atoms with Crippen LogP contribution in [-0.4, -0.2) is 16.5 Å². The van der Waals surface area contributed by atoms with Gasteiger partial charge in [0.1, 0.15) is 5.82 Å². The summed E-state index contributed by atoms with van der Waals surface area (Å²) in [6.07, 6.45) is 1.80. The van der Waals surface area contributed by atoms with Gasteiger partial charge in [0.15, 0.2) is 0 Å². The molecule has 1 aromatic heterocycles. The van der Waals surface area contributed by atoms with E-state index in [1.807, 2.05) is 31.2 Å². The van der Waals surface area contributed by atoms with Crippen LogP contribution in [-0.2, 0) is 0 Å². The van der Waals surface area contributed by atoms with E-state index in [2.05, 4.69) is 46.2 Å². The lowest BCUT2D eigenvalue weighted by molar-refractivity contribution is 0.857. The molecule has 0 radical (unpaired) electrons. The highest BCUT2D eigenvalue weighted by Gasteiger charge is 2.07. The number of nitrogens with zero attached hydrogens (tertiary/aromatic N) is 2. The Balaban J connectivity index is 2.12. The Labute approximate surface area is 120 Å². The maximum atomic E-state index is 4.46. The van der Waals surface area contributed by atoms with Gasteiger partial charge in [-0.05, 0) is 19.4 Å². The van der Waals surface area contributed by atoms with Crippen LogP contribution in [0.5, 0.6) is 0 Å². The molecule has 0 bridgehead atoms. The summed E-state index contributed by atoms with van der Waals surface area (Å²) in [5.74, 6) is 1.44. The fourth-order valence-corrected chi connectivity index (χ4v) is 1.92. The summed E-state index contributed by atoms with van der Waals surface area (Å²) in [5.41, 5.74) is 2.13. The van der Waals surface area contributed by atoms with Crippen molar-refractivity contribution in [3.8, 4) is 0 Å². The first-order valence-corrected chi connectivity index (χ1v) is 6.71. The Morgan fingerprint density at radius 3 is 2.70 bits per heavy atom. The molecule has 4 nitrogen and oxygen atoms in total. The topological polar surface area (TPSA) is 49.8 Å². The van der Waals surface area contributed by atoms with E-state index >= 15 is 0 Å². The number of aromatic nitrogens is 2. The molecule has 0 saturated heterocycles. The number of nitrogens with one attached hydrogen (secondary N) is 2. The fourth-order valence-electron chi connectivity index (χ4n) is 1.92. The smallest absolute Gasteiger partial charge is 0.225 e. The minimum Gasteiger partial charge on any atom is -0.366 e. The first kappa shape index (κ1) is 14.1. The number of hydrogen-bond donors (Lipinski definition) is 2. The molecule has 0 aliphatic heterocycles. The molecule has 1 heterocycles. The quantitative estimate of drug-likeness (QED) is 0.787. The monoisotopic (exact) mass is 268 g/mol. The lowest BCUT2D eigenvalue weighted by Gasteiger charge is -2.15. The van der Waals surface area contributed by atoms with Crippen molar-refractivity contribution >= 4 is 11.8 Å². The van der Waals surface area contributed by atoms with Crippen LogP contribution in [0.15, 0.2) is 49.1 Å². The van der Waals surface area contributed by atoms with Crippen LogP contribution in [0, 0.1) is 6.92 Å². The summed E-state index contributed by atoms with van der Waals surface area (Å²) in [5, 5.41) is 6.51. The Kier molecular flexibility index (Phi) is 4.71. The average Bonchev–Trinajstić information content (AvgIpc) is 2.45. The SMILES string of the molecule is C=CCNc1cc(C)nc(NC(C)c2ccccc2)n1. The summed E-state index contributed by atoms with van der Waals surface area (Å²) < 4.78 is 0. The van der Waals surface area contributed by atoms with Gasteiger partial charge in [0, 0.05) is 18.3 Å². The highest BCUT2D eigenvalue weighted by Crippen LogP contribution is 2.18. The van der Waals surface area contributed by atoms with E-state index in [9.17, 15) is 0 Å². The number of rotatable bonds is 6. The number of aryl methyl sites for hydroxylation is 1. The zero-order chi connectivity index (χ0) is 14.4. The van der Waals surface area contributed by atoms with Crippen LogP contribution in [0.1, 0.15) is 24.2 Å². The minimum atomic E-state index is 0.158. The predicted octanol–water partition coefficient (Wildman–Crippen LogP) is 3.56. The molecule has 1 aromatic carbocycles. The number of hydrogen-bond acceptors (Lipinski definition) is 4. The van der Waals surface area contributed by atoms with Crippen molar-refractivity contribution < 1.29 is 0 Å². The van der Waals surface area contributed by atoms with E-state index in [-0.39, 0.29) is 6.04 Å². The molecule has 0 aliphatic carbocycles. The van der Waals surface area contributed by atoms with Gasteiger partial charge in [-0.15, -0.1) is 6.58 Å². The summed E-state index contributed by atoms with van der Waals surface area (Å²) in [6.45, 7) is 8.42. The van der Waals surface area contributed by atoms with Crippen molar-refractivity contribution in [2.45, 2.75) is 19.9 Å². The first-order chi connectivity index (χ1) is 9.69. The van der Waals surface area contributed by atoms with Gasteiger partial charge < -0.3 is 10.6 Å². The van der Waals surface area contributed by atoms with Crippen molar-refractivity contribution in [1.29, 1.82) is 0 Å². The van der Waals surface area contributed by atoms with E-state index in [1.54, 1.807) is 6.08 Å². The third-order valence-corrected chi connectivity index (χ3v) is 2.93. The van der Waals surface area contributed by atoms with Crippen LogP contribution in [0.3, 0.4) is 0 Å². The molecule has 0 amide bonds.